The van der Waals surface area contributed by atoms with Crippen molar-refractivity contribution in [1.29, 1.82) is 0 Å². The summed E-state index contributed by atoms with van der Waals surface area (Å²) in [6, 6.07) is 6.09. The number of benzene rings is 1. The molecule has 0 aromatic heterocycles. The Kier molecular flexibility index (Phi) is 5.31. The zero-order chi connectivity index (χ0) is 13.0. The van der Waals surface area contributed by atoms with Crippen molar-refractivity contribution in [2.24, 2.45) is 5.92 Å². The maximum atomic E-state index is 6.15. The molecule has 1 atom stereocenters. The van der Waals surface area contributed by atoms with Crippen molar-refractivity contribution in [3.05, 3.63) is 33.8 Å². The van der Waals surface area contributed by atoms with Crippen LogP contribution in [0.5, 0.6) is 0 Å². The Labute approximate surface area is 119 Å². The van der Waals surface area contributed by atoms with Gasteiger partial charge >= 0.3 is 0 Å². The molecule has 1 saturated heterocycles. The third-order valence-corrected chi connectivity index (χ3v) is 4.34. The van der Waals surface area contributed by atoms with E-state index in [2.05, 4.69) is 12.2 Å². The number of rotatable bonds is 4. The Hall–Kier alpha value is -0.280. The highest BCUT2D eigenvalue weighted by Gasteiger charge is 2.20. The number of hydrogen-bond donors (Lipinski definition) is 1. The third kappa shape index (κ3) is 3.61. The van der Waals surface area contributed by atoms with E-state index >= 15 is 0 Å². The van der Waals surface area contributed by atoms with Gasteiger partial charge in [-0.2, -0.15) is 0 Å². The highest BCUT2D eigenvalue weighted by Crippen LogP contribution is 2.25. The van der Waals surface area contributed by atoms with E-state index in [1.165, 1.54) is 0 Å². The Balaban J connectivity index is 1.90. The van der Waals surface area contributed by atoms with E-state index in [9.17, 15) is 0 Å². The van der Waals surface area contributed by atoms with E-state index in [4.69, 9.17) is 27.9 Å². The summed E-state index contributed by atoms with van der Waals surface area (Å²) in [5.41, 5.74) is 0.986. The molecule has 1 aromatic rings. The van der Waals surface area contributed by atoms with Crippen molar-refractivity contribution in [1.82, 2.24) is 5.32 Å². The lowest BCUT2D eigenvalue weighted by atomic mass is 9.93. The van der Waals surface area contributed by atoms with Gasteiger partial charge in [0, 0.05) is 41.4 Å². The van der Waals surface area contributed by atoms with Crippen LogP contribution >= 0.6 is 23.2 Å². The first kappa shape index (κ1) is 14.1. The maximum absolute atomic E-state index is 6.15. The van der Waals surface area contributed by atoms with Gasteiger partial charge in [-0.3, -0.25) is 0 Å². The van der Waals surface area contributed by atoms with Crippen LogP contribution in [-0.4, -0.2) is 19.3 Å². The SMILES string of the molecule is CC(NCc1c(Cl)cccc1Cl)C1CCOCC1. The van der Waals surface area contributed by atoms with Crippen LogP contribution in [0.15, 0.2) is 18.2 Å². The second-order valence-corrected chi connectivity index (χ2v) is 5.63. The summed E-state index contributed by atoms with van der Waals surface area (Å²) in [6.07, 6.45) is 2.26. The van der Waals surface area contributed by atoms with Crippen molar-refractivity contribution in [3.63, 3.8) is 0 Å². The van der Waals surface area contributed by atoms with Crippen LogP contribution in [0.25, 0.3) is 0 Å². The zero-order valence-corrected chi connectivity index (χ0v) is 12.1. The van der Waals surface area contributed by atoms with Crippen molar-refractivity contribution in [3.8, 4) is 0 Å². The van der Waals surface area contributed by atoms with E-state index in [0.29, 0.717) is 12.0 Å². The van der Waals surface area contributed by atoms with Crippen molar-refractivity contribution in [2.75, 3.05) is 13.2 Å². The van der Waals surface area contributed by atoms with Crippen LogP contribution < -0.4 is 5.32 Å². The lowest BCUT2D eigenvalue weighted by Crippen LogP contribution is -2.36. The standard InChI is InChI=1S/C14H19Cl2NO/c1-10(11-5-7-18-8-6-11)17-9-12-13(15)3-2-4-14(12)16/h2-4,10-11,17H,5-9H2,1H3. The molecule has 1 heterocycles. The molecule has 1 fully saturated rings. The van der Waals surface area contributed by atoms with Gasteiger partial charge in [-0.05, 0) is 37.8 Å². The van der Waals surface area contributed by atoms with Gasteiger partial charge in [0.2, 0.25) is 0 Å². The zero-order valence-electron chi connectivity index (χ0n) is 10.6. The molecule has 1 aromatic carbocycles. The molecular formula is C14H19Cl2NO. The first-order chi connectivity index (χ1) is 8.68. The number of nitrogens with one attached hydrogen (secondary N) is 1. The molecule has 4 heteroatoms. The summed E-state index contributed by atoms with van der Waals surface area (Å²) < 4.78 is 5.38. The van der Waals surface area contributed by atoms with Crippen LogP contribution in [0.2, 0.25) is 10.0 Å². The quantitative estimate of drug-likeness (QED) is 0.907. The fourth-order valence-electron chi connectivity index (χ4n) is 2.35. The van der Waals surface area contributed by atoms with Crippen LogP contribution in [0.1, 0.15) is 25.3 Å². The van der Waals surface area contributed by atoms with E-state index in [1.54, 1.807) is 0 Å². The average molecular weight is 288 g/mol. The van der Waals surface area contributed by atoms with E-state index in [0.717, 1.165) is 48.2 Å². The molecule has 1 aliphatic rings. The van der Waals surface area contributed by atoms with Gasteiger partial charge in [-0.25, -0.2) is 0 Å². The minimum atomic E-state index is 0.459. The molecule has 1 N–H and O–H groups in total. The largest absolute Gasteiger partial charge is 0.381 e. The molecule has 0 saturated carbocycles. The summed E-state index contributed by atoms with van der Waals surface area (Å²) >= 11 is 12.3. The van der Waals surface area contributed by atoms with Gasteiger partial charge in [0.25, 0.3) is 0 Å². The Morgan fingerprint density at radius 1 is 1.28 bits per heavy atom. The normalized spacial score (nSPS) is 18.8. The summed E-state index contributed by atoms with van der Waals surface area (Å²) in [4.78, 5) is 0. The fourth-order valence-corrected chi connectivity index (χ4v) is 2.88. The number of hydrogen-bond acceptors (Lipinski definition) is 2. The first-order valence-corrected chi connectivity index (χ1v) is 7.18. The highest BCUT2D eigenvalue weighted by atomic mass is 35.5. The van der Waals surface area contributed by atoms with Crippen molar-refractivity contribution >= 4 is 23.2 Å². The monoisotopic (exact) mass is 287 g/mol. The van der Waals surface area contributed by atoms with Gasteiger partial charge in [0.15, 0.2) is 0 Å². The first-order valence-electron chi connectivity index (χ1n) is 6.42. The van der Waals surface area contributed by atoms with E-state index in [1.807, 2.05) is 18.2 Å². The molecule has 100 valence electrons. The van der Waals surface area contributed by atoms with Crippen LogP contribution in [0.3, 0.4) is 0 Å². The van der Waals surface area contributed by atoms with Gasteiger partial charge in [0.05, 0.1) is 0 Å². The third-order valence-electron chi connectivity index (χ3n) is 3.64. The van der Waals surface area contributed by atoms with Gasteiger partial charge in [-0.15, -0.1) is 0 Å². The average Bonchev–Trinajstić information content (AvgIpc) is 2.39. The molecule has 18 heavy (non-hydrogen) atoms. The summed E-state index contributed by atoms with van der Waals surface area (Å²) in [6.45, 7) is 4.70. The molecule has 0 amide bonds. The molecule has 2 nitrogen and oxygen atoms in total. The summed E-state index contributed by atoms with van der Waals surface area (Å²) in [5.74, 6) is 0.681. The van der Waals surface area contributed by atoms with Gasteiger partial charge < -0.3 is 10.1 Å². The Bertz CT molecular complexity index is 371. The summed E-state index contributed by atoms with van der Waals surface area (Å²) in [5, 5.41) is 4.99. The van der Waals surface area contributed by atoms with Crippen LogP contribution in [0.4, 0.5) is 0 Å². The van der Waals surface area contributed by atoms with Crippen LogP contribution in [-0.2, 0) is 11.3 Å². The van der Waals surface area contributed by atoms with E-state index in [-0.39, 0.29) is 0 Å². The van der Waals surface area contributed by atoms with Crippen molar-refractivity contribution < 1.29 is 4.74 Å². The molecule has 0 radical (unpaired) electrons. The second kappa shape index (κ2) is 6.76. The molecule has 2 rings (SSSR count). The predicted octanol–water partition coefficient (Wildman–Crippen LogP) is 3.90. The Morgan fingerprint density at radius 2 is 1.89 bits per heavy atom. The lowest BCUT2D eigenvalue weighted by Gasteiger charge is -2.28. The molecule has 0 aliphatic carbocycles. The molecule has 1 aliphatic heterocycles. The van der Waals surface area contributed by atoms with Crippen molar-refractivity contribution in [2.45, 2.75) is 32.4 Å². The summed E-state index contributed by atoms with van der Waals surface area (Å²) in [7, 11) is 0. The molecular weight excluding hydrogens is 269 g/mol. The molecule has 0 spiro atoms. The maximum Gasteiger partial charge on any atom is 0.0469 e. The van der Waals surface area contributed by atoms with Gasteiger partial charge in [0.1, 0.15) is 0 Å². The second-order valence-electron chi connectivity index (χ2n) is 4.82. The Morgan fingerprint density at radius 3 is 2.50 bits per heavy atom. The van der Waals surface area contributed by atoms with Crippen LogP contribution in [0, 0.1) is 5.92 Å². The lowest BCUT2D eigenvalue weighted by molar-refractivity contribution is 0.0558. The topological polar surface area (TPSA) is 21.3 Å². The number of halogens is 2. The van der Waals surface area contributed by atoms with E-state index < -0.39 is 0 Å². The smallest absolute Gasteiger partial charge is 0.0469 e. The minimum Gasteiger partial charge on any atom is -0.381 e. The molecule has 0 bridgehead atoms. The molecule has 1 unspecified atom stereocenters. The predicted molar refractivity (Wildman–Crippen MR) is 76.3 cm³/mol. The minimum absolute atomic E-state index is 0.459. The fraction of sp³-hybridized carbons (Fsp3) is 0.571. The highest BCUT2D eigenvalue weighted by molar-refractivity contribution is 6.35. The van der Waals surface area contributed by atoms with Gasteiger partial charge in [-0.1, -0.05) is 29.3 Å². The number of ether oxygens (including phenoxy) is 1.